The number of rotatable bonds is 3. The molecule has 0 spiro atoms. The Morgan fingerprint density at radius 1 is 1.64 bits per heavy atom. The van der Waals surface area contributed by atoms with E-state index in [0.717, 1.165) is 19.3 Å². The molecule has 64 valence electrons. The van der Waals surface area contributed by atoms with E-state index in [0.29, 0.717) is 6.54 Å². The summed E-state index contributed by atoms with van der Waals surface area (Å²) in [5, 5.41) is 1.36. The van der Waals surface area contributed by atoms with Gasteiger partial charge in [0.15, 0.2) is 0 Å². The van der Waals surface area contributed by atoms with E-state index in [-0.39, 0.29) is 11.8 Å². The molecule has 1 amide bonds. The Balaban J connectivity index is 2.27. The lowest BCUT2D eigenvalue weighted by atomic mass is 9.84. The van der Waals surface area contributed by atoms with Crippen molar-refractivity contribution in [2.24, 2.45) is 11.8 Å². The Hall–Kier alpha value is -0.570. The van der Waals surface area contributed by atoms with Crippen LogP contribution in [0, 0.1) is 5.92 Å². The second-order valence-corrected chi connectivity index (χ2v) is 3.16. The minimum absolute atomic E-state index is 0.137. The Bertz CT molecular complexity index is 143. The predicted octanol–water partition coefficient (Wildman–Crippen LogP) is 0.899. The van der Waals surface area contributed by atoms with Crippen molar-refractivity contribution in [1.29, 1.82) is 0 Å². The van der Waals surface area contributed by atoms with E-state index in [1.165, 1.54) is 11.4 Å². The fourth-order valence-electron chi connectivity index (χ4n) is 1.24. The van der Waals surface area contributed by atoms with Crippen LogP contribution in [0.15, 0.2) is 0 Å². The summed E-state index contributed by atoms with van der Waals surface area (Å²) in [5.74, 6) is 5.90. The summed E-state index contributed by atoms with van der Waals surface area (Å²) in [4.78, 5) is 11.3. The van der Waals surface area contributed by atoms with Gasteiger partial charge >= 0.3 is 0 Å². The van der Waals surface area contributed by atoms with Crippen molar-refractivity contribution in [1.82, 2.24) is 5.01 Å². The van der Waals surface area contributed by atoms with Gasteiger partial charge in [-0.1, -0.05) is 13.3 Å². The number of amides is 1. The van der Waals surface area contributed by atoms with Gasteiger partial charge in [0.05, 0.1) is 0 Å². The highest BCUT2D eigenvalue weighted by Gasteiger charge is 2.27. The predicted molar refractivity (Wildman–Crippen MR) is 43.5 cm³/mol. The molecule has 11 heavy (non-hydrogen) atoms. The minimum Gasteiger partial charge on any atom is -0.280 e. The Morgan fingerprint density at radius 3 is 2.64 bits per heavy atom. The number of hydrogen-bond donors (Lipinski definition) is 1. The van der Waals surface area contributed by atoms with Gasteiger partial charge in [-0.25, -0.2) is 5.84 Å². The van der Waals surface area contributed by atoms with E-state index in [4.69, 9.17) is 5.84 Å². The second-order valence-electron chi connectivity index (χ2n) is 3.16. The second kappa shape index (κ2) is 3.72. The van der Waals surface area contributed by atoms with Crippen LogP contribution < -0.4 is 5.84 Å². The summed E-state index contributed by atoms with van der Waals surface area (Å²) >= 11 is 0. The molecule has 1 rings (SSSR count). The molecule has 1 saturated carbocycles. The number of carbonyl (C=O) groups is 1. The lowest BCUT2D eigenvalue weighted by molar-refractivity contribution is -0.138. The van der Waals surface area contributed by atoms with Gasteiger partial charge in [0, 0.05) is 12.5 Å². The van der Waals surface area contributed by atoms with E-state index >= 15 is 0 Å². The summed E-state index contributed by atoms with van der Waals surface area (Å²) in [6, 6.07) is 0. The van der Waals surface area contributed by atoms with Crippen LogP contribution in [0.1, 0.15) is 32.6 Å². The lowest BCUT2D eigenvalue weighted by Gasteiger charge is -2.28. The number of nitrogens with zero attached hydrogens (tertiary/aromatic N) is 1. The van der Waals surface area contributed by atoms with E-state index in [9.17, 15) is 4.79 Å². The highest BCUT2D eigenvalue weighted by atomic mass is 16.2. The maximum Gasteiger partial charge on any atom is 0.239 e. The van der Waals surface area contributed by atoms with Crippen LogP contribution in [0.3, 0.4) is 0 Å². The molecule has 3 nitrogen and oxygen atoms in total. The van der Waals surface area contributed by atoms with Gasteiger partial charge in [-0.05, 0) is 19.3 Å². The molecule has 2 N–H and O–H groups in total. The van der Waals surface area contributed by atoms with Gasteiger partial charge in [-0.2, -0.15) is 0 Å². The molecule has 0 aromatic rings. The number of carbonyl (C=O) groups excluding carboxylic acids is 1. The molecular weight excluding hydrogens is 140 g/mol. The Morgan fingerprint density at radius 2 is 2.27 bits per heavy atom. The lowest BCUT2D eigenvalue weighted by Crippen LogP contribution is -2.43. The third-order valence-electron chi connectivity index (χ3n) is 2.20. The highest BCUT2D eigenvalue weighted by Crippen LogP contribution is 2.27. The average molecular weight is 156 g/mol. The molecule has 1 aliphatic carbocycles. The molecule has 1 aliphatic rings. The number of hydrogen-bond acceptors (Lipinski definition) is 2. The van der Waals surface area contributed by atoms with Crippen LogP contribution in [0.4, 0.5) is 0 Å². The molecule has 0 aromatic heterocycles. The minimum atomic E-state index is 0.137. The summed E-state index contributed by atoms with van der Waals surface area (Å²) in [5.41, 5.74) is 0. The quantitative estimate of drug-likeness (QED) is 0.375. The molecule has 1 fully saturated rings. The number of hydrazine groups is 1. The van der Waals surface area contributed by atoms with Gasteiger partial charge in [0.2, 0.25) is 5.91 Å². The molecule has 0 unspecified atom stereocenters. The van der Waals surface area contributed by atoms with Crippen LogP contribution in [0.5, 0.6) is 0 Å². The standard InChI is InChI=1S/C8H16N2O/c1-2-6-10(9)8(11)7-4-3-5-7/h7H,2-6,9H2,1H3. The first-order valence-corrected chi connectivity index (χ1v) is 4.31. The molecule has 0 aliphatic heterocycles. The SMILES string of the molecule is CCCN(N)C(=O)C1CCC1. The normalized spacial score (nSPS) is 17.6. The van der Waals surface area contributed by atoms with Crippen LogP contribution in [0.2, 0.25) is 0 Å². The molecule has 3 heteroatoms. The molecule has 0 aromatic carbocycles. The van der Waals surface area contributed by atoms with Gasteiger partial charge in [-0.3, -0.25) is 9.80 Å². The first-order chi connectivity index (χ1) is 5.25. The van der Waals surface area contributed by atoms with Crippen molar-refractivity contribution < 1.29 is 4.79 Å². The van der Waals surface area contributed by atoms with Crippen LogP contribution in [-0.2, 0) is 4.79 Å². The summed E-state index contributed by atoms with van der Waals surface area (Å²) < 4.78 is 0. The monoisotopic (exact) mass is 156 g/mol. The maximum atomic E-state index is 11.3. The molecule has 0 bridgehead atoms. The van der Waals surface area contributed by atoms with E-state index in [1.54, 1.807) is 0 Å². The molecule has 0 atom stereocenters. The summed E-state index contributed by atoms with van der Waals surface area (Å²) in [6.45, 7) is 2.71. The van der Waals surface area contributed by atoms with Crippen LogP contribution in [0.25, 0.3) is 0 Å². The summed E-state index contributed by atoms with van der Waals surface area (Å²) in [6.07, 6.45) is 4.21. The molecule has 0 heterocycles. The topological polar surface area (TPSA) is 46.3 Å². The molecular formula is C8H16N2O. The van der Waals surface area contributed by atoms with E-state index < -0.39 is 0 Å². The first kappa shape index (κ1) is 8.53. The van der Waals surface area contributed by atoms with Crippen LogP contribution >= 0.6 is 0 Å². The van der Waals surface area contributed by atoms with Crippen molar-refractivity contribution in [2.45, 2.75) is 32.6 Å². The van der Waals surface area contributed by atoms with Crippen molar-refractivity contribution in [2.75, 3.05) is 6.54 Å². The van der Waals surface area contributed by atoms with Gasteiger partial charge in [0.25, 0.3) is 0 Å². The van der Waals surface area contributed by atoms with E-state index in [2.05, 4.69) is 0 Å². The zero-order valence-corrected chi connectivity index (χ0v) is 7.05. The third-order valence-corrected chi connectivity index (χ3v) is 2.20. The average Bonchev–Trinajstić information content (AvgIpc) is 1.84. The van der Waals surface area contributed by atoms with Gasteiger partial charge < -0.3 is 0 Å². The highest BCUT2D eigenvalue weighted by molar-refractivity contribution is 5.78. The Labute approximate surface area is 67.5 Å². The van der Waals surface area contributed by atoms with Crippen molar-refractivity contribution in [3.05, 3.63) is 0 Å². The first-order valence-electron chi connectivity index (χ1n) is 4.31. The maximum absolute atomic E-state index is 11.3. The third kappa shape index (κ3) is 1.93. The van der Waals surface area contributed by atoms with Gasteiger partial charge in [-0.15, -0.1) is 0 Å². The largest absolute Gasteiger partial charge is 0.280 e. The fraction of sp³-hybridized carbons (Fsp3) is 0.875. The van der Waals surface area contributed by atoms with E-state index in [1.807, 2.05) is 6.92 Å². The molecule has 0 radical (unpaired) electrons. The fourth-order valence-corrected chi connectivity index (χ4v) is 1.24. The smallest absolute Gasteiger partial charge is 0.239 e. The van der Waals surface area contributed by atoms with Crippen molar-refractivity contribution in [3.8, 4) is 0 Å². The van der Waals surface area contributed by atoms with Gasteiger partial charge in [0.1, 0.15) is 0 Å². The zero-order chi connectivity index (χ0) is 8.27. The zero-order valence-electron chi connectivity index (χ0n) is 7.05. The van der Waals surface area contributed by atoms with Crippen molar-refractivity contribution in [3.63, 3.8) is 0 Å². The molecule has 0 saturated heterocycles. The number of nitrogens with two attached hydrogens (primary N) is 1. The summed E-state index contributed by atoms with van der Waals surface area (Å²) in [7, 11) is 0. The Kier molecular flexibility index (Phi) is 2.88. The van der Waals surface area contributed by atoms with Crippen molar-refractivity contribution >= 4 is 5.91 Å². The van der Waals surface area contributed by atoms with Crippen LogP contribution in [-0.4, -0.2) is 17.5 Å².